The molecule has 4 rings (SSSR count). The van der Waals surface area contributed by atoms with E-state index in [1.54, 1.807) is 21.6 Å². The van der Waals surface area contributed by atoms with Crippen molar-refractivity contribution >= 4 is 79.4 Å². The molecule has 0 saturated heterocycles. The third-order valence-electron chi connectivity index (χ3n) is 7.07. The standard InChI is InChI=1S/C32H42N12O2S2/c1-7-29(45)35-23-9-11-25(27(21-23)37-39-31-41(3)15-16-42(31)4)33-13-19-47-48-20-14-34-26-12-10-24(36-30(46)8-2)22-28(26)38-40-32-43(5)17-18-44(32)6/h9-12,15-18,21-22H,7-8,13-14,19-20H2,1-6H3,(H2,35,36,37,38,45,46)/p+2. The normalized spacial score (nSPS) is 11.4. The molecule has 0 radical (unpaired) electrons. The van der Waals surface area contributed by atoms with E-state index in [9.17, 15) is 9.59 Å². The molecule has 4 N–H and O–H groups in total. The van der Waals surface area contributed by atoms with E-state index in [0.717, 1.165) is 36.0 Å². The van der Waals surface area contributed by atoms with Gasteiger partial charge in [0.05, 0.1) is 64.4 Å². The van der Waals surface area contributed by atoms with Crippen LogP contribution in [0.1, 0.15) is 26.7 Å². The number of anilines is 4. The summed E-state index contributed by atoms with van der Waals surface area (Å²) in [5.41, 5.74) is 4.30. The van der Waals surface area contributed by atoms with Crippen molar-refractivity contribution in [1.29, 1.82) is 0 Å². The lowest BCUT2D eigenvalue weighted by Crippen LogP contribution is -2.25. The Morgan fingerprint density at radius 1 is 0.688 bits per heavy atom. The molecule has 0 aliphatic carbocycles. The Balaban J connectivity index is 1.30. The Labute approximate surface area is 288 Å². The SMILES string of the molecule is CCC(=O)Nc1ccc(NCCSSCCNc2ccc(NC(=O)CC)cc2N=Nc2n(C)cc[n+]2C)c(N=Nc2n(C)cc[n+]2C)c1. The number of hydrogen-bond acceptors (Lipinski definition) is 10. The van der Waals surface area contributed by atoms with E-state index in [1.165, 1.54) is 0 Å². The molecular formula is C32H44N12O2S2+2. The molecule has 0 aliphatic rings. The largest absolute Gasteiger partial charge is 0.421 e. The van der Waals surface area contributed by atoms with Crippen LogP contribution in [0, 0.1) is 0 Å². The molecule has 0 atom stereocenters. The quantitative estimate of drug-likeness (QED) is 0.0433. The van der Waals surface area contributed by atoms with Crippen molar-refractivity contribution in [3.05, 3.63) is 61.2 Å². The zero-order valence-corrected chi connectivity index (χ0v) is 29.9. The van der Waals surface area contributed by atoms with Gasteiger partial charge in [-0.3, -0.25) is 9.59 Å². The minimum absolute atomic E-state index is 0.0604. The minimum atomic E-state index is -0.0604. The van der Waals surface area contributed by atoms with Crippen LogP contribution >= 0.6 is 21.6 Å². The summed E-state index contributed by atoms with van der Waals surface area (Å²) in [4.78, 5) is 23.9. The van der Waals surface area contributed by atoms with Crippen LogP contribution in [-0.4, -0.2) is 45.5 Å². The van der Waals surface area contributed by atoms with E-state index in [2.05, 4.69) is 41.7 Å². The number of aryl methyl sites for hydroxylation is 4. The highest BCUT2D eigenvalue weighted by molar-refractivity contribution is 8.76. The van der Waals surface area contributed by atoms with Gasteiger partial charge in [-0.05, 0) is 36.4 Å². The van der Waals surface area contributed by atoms with Gasteiger partial charge in [-0.1, -0.05) is 45.7 Å². The Bertz CT molecular complexity index is 1600. The summed E-state index contributed by atoms with van der Waals surface area (Å²) in [7, 11) is 11.2. The van der Waals surface area contributed by atoms with Crippen LogP contribution in [-0.2, 0) is 37.8 Å². The van der Waals surface area contributed by atoms with Crippen LogP contribution < -0.4 is 30.4 Å². The summed E-state index contributed by atoms with van der Waals surface area (Å²) in [6.07, 6.45) is 8.44. The van der Waals surface area contributed by atoms with Crippen LogP contribution in [0.15, 0.2) is 81.6 Å². The molecule has 0 unspecified atom stereocenters. The molecule has 48 heavy (non-hydrogen) atoms. The van der Waals surface area contributed by atoms with Crippen LogP contribution in [0.2, 0.25) is 0 Å². The summed E-state index contributed by atoms with van der Waals surface area (Å²) in [5.74, 6) is 3.00. The van der Waals surface area contributed by atoms with Crippen molar-refractivity contribution in [1.82, 2.24) is 9.13 Å². The molecule has 16 heteroatoms. The smallest absolute Gasteiger partial charge is 0.382 e. The predicted molar refractivity (Wildman–Crippen MR) is 194 cm³/mol. The molecule has 2 aromatic carbocycles. The summed E-state index contributed by atoms with van der Waals surface area (Å²) >= 11 is 0. The van der Waals surface area contributed by atoms with Gasteiger partial charge in [0.1, 0.15) is 11.4 Å². The third kappa shape index (κ3) is 10.4. The highest BCUT2D eigenvalue weighted by Gasteiger charge is 2.14. The fourth-order valence-electron chi connectivity index (χ4n) is 4.40. The second-order valence-corrected chi connectivity index (χ2v) is 13.5. The molecule has 0 saturated carbocycles. The summed E-state index contributed by atoms with van der Waals surface area (Å²) in [6.45, 7) is 5.07. The number of hydrogen-bond donors (Lipinski definition) is 4. The van der Waals surface area contributed by atoms with Crippen molar-refractivity contribution in [2.24, 2.45) is 48.6 Å². The first-order valence-electron chi connectivity index (χ1n) is 15.6. The maximum absolute atomic E-state index is 12.0. The van der Waals surface area contributed by atoms with Crippen molar-refractivity contribution in [3.8, 4) is 0 Å². The van der Waals surface area contributed by atoms with Crippen LogP contribution in [0.4, 0.5) is 46.0 Å². The number of carbonyl (C=O) groups is 2. The van der Waals surface area contributed by atoms with E-state index < -0.39 is 0 Å². The molecule has 0 aliphatic heterocycles. The van der Waals surface area contributed by atoms with E-state index in [-0.39, 0.29) is 11.8 Å². The van der Waals surface area contributed by atoms with Gasteiger partial charge in [-0.25, -0.2) is 18.3 Å². The molecule has 2 amide bonds. The first kappa shape index (κ1) is 36.1. The lowest BCUT2D eigenvalue weighted by atomic mass is 10.2. The minimum Gasteiger partial charge on any atom is -0.382 e. The zero-order chi connectivity index (χ0) is 34.5. The number of aromatic nitrogens is 4. The lowest BCUT2D eigenvalue weighted by molar-refractivity contribution is -0.657. The van der Waals surface area contributed by atoms with Gasteiger partial charge >= 0.3 is 11.9 Å². The number of amides is 2. The van der Waals surface area contributed by atoms with E-state index in [0.29, 0.717) is 47.5 Å². The highest BCUT2D eigenvalue weighted by atomic mass is 33.1. The first-order chi connectivity index (χ1) is 23.2. The third-order valence-corrected chi connectivity index (χ3v) is 9.48. The highest BCUT2D eigenvalue weighted by Crippen LogP contribution is 2.32. The number of imidazole rings is 2. The molecule has 14 nitrogen and oxygen atoms in total. The Hall–Kier alpha value is -4.70. The molecular weight excluding hydrogens is 649 g/mol. The lowest BCUT2D eigenvalue weighted by Gasteiger charge is -2.11. The Kier molecular flexibility index (Phi) is 13.6. The van der Waals surface area contributed by atoms with Gasteiger partial charge in [0.15, 0.2) is 0 Å². The van der Waals surface area contributed by atoms with Gasteiger partial charge in [0.2, 0.25) is 11.8 Å². The van der Waals surface area contributed by atoms with Crippen LogP contribution in [0.25, 0.3) is 0 Å². The van der Waals surface area contributed by atoms with Crippen LogP contribution in [0.5, 0.6) is 0 Å². The summed E-state index contributed by atoms with van der Waals surface area (Å²) in [6, 6.07) is 11.2. The number of carbonyl (C=O) groups excluding carboxylic acids is 2. The fraction of sp³-hybridized carbons (Fsp3) is 0.375. The van der Waals surface area contributed by atoms with Gasteiger partial charge < -0.3 is 21.3 Å². The number of benzene rings is 2. The molecule has 2 aromatic heterocycles. The number of rotatable bonds is 17. The monoisotopic (exact) mass is 692 g/mol. The molecule has 254 valence electrons. The number of nitrogens with zero attached hydrogens (tertiary/aromatic N) is 8. The van der Waals surface area contributed by atoms with Crippen LogP contribution in [0.3, 0.4) is 0 Å². The van der Waals surface area contributed by atoms with Crippen molar-refractivity contribution in [3.63, 3.8) is 0 Å². The number of nitrogens with one attached hydrogen (secondary N) is 4. The maximum Gasteiger partial charge on any atom is 0.421 e. The Morgan fingerprint density at radius 3 is 1.46 bits per heavy atom. The van der Waals surface area contributed by atoms with Gasteiger partial charge in [0, 0.05) is 59.0 Å². The molecule has 0 spiro atoms. The van der Waals surface area contributed by atoms with Crippen molar-refractivity contribution in [2.75, 3.05) is 45.9 Å². The summed E-state index contributed by atoms with van der Waals surface area (Å²) < 4.78 is 7.55. The van der Waals surface area contributed by atoms with Gasteiger partial charge in [-0.15, -0.1) is 0 Å². The maximum atomic E-state index is 12.0. The second-order valence-electron chi connectivity index (χ2n) is 10.8. The second kappa shape index (κ2) is 18.0. The zero-order valence-electron chi connectivity index (χ0n) is 28.2. The van der Waals surface area contributed by atoms with Crippen molar-refractivity contribution < 1.29 is 18.7 Å². The number of azo groups is 2. The predicted octanol–water partition coefficient (Wildman–Crippen LogP) is 6.45. The van der Waals surface area contributed by atoms with E-state index >= 15 is 0 Å². The molecule has 0 fully saturated rings. The topological polar surface area (TPSA) is 149 Å². The van der Waals surface area contributed by atoms with Gasteiger partial charge in [0.25, 0.3) is 0 Å². The molecule has 2 heterocycles. The van der Waals surface area contributed by atoms with E-state index in [4.69, 9.17) is 0 Å². The van der Waals surface area contributed by atoms with Crippen molar-refractivity contribution in [2.45, 2.75) is 26.7 Å². The first-order valence-corrected chi connectivity index (χ1v) is 18.1. The van der Waals surface area contributed by atoms with E-state index in [1.807, 2.05) is 121 Å². The average molecular weight is 693 g/mol. The molecule has 4 aromatic rings. The fourth-order valence-corrected chi connectivity index (χ4v) is 6.21. The van der Waals surface area contributed by atoms with Gasteiger partial charge in [-0.2, -0.15) is 0 Å². The average Bonchev–Trinajstić information content (AvgIpc) is 3.58. The summed E-state index contributed by atoms with van der Waals surface area (Å²) in [5, 5.41) is 30.6. The molecule has 0 bridgehead atoms. The Morgan fingerprint density at radius 2 is 1.10 bits per heavy atom.